The van der Waals surface area contributed by atoms with E-state index in [-0.39, 0.29) is 0 Å². The van der Waals surface area contributed by atoms with Crippen LogP contribution in [-0.4, -0.2) is 11.7 Å². The third kappa shape index (κ3) is 2.63. The van der Waals surface area contributed by atoms with Gasteiger partial charge in [-0.25, -0.2) is 0 Å². The third-order valence-electron chi connectivity index (χ3n) is 4.48. The van der Waals surface area contributed by atoms with Crippen LogP contribution in [0.4, 0.5) is 0 Å². The lowest BCUT2D eigenvalue weighted by Gasteiger charge is -2.21. The quantitative estimate of drug-likeness (QED) is 0.663. The largest absolute Gasteiger partial charge is 0.396 e. The Kier molecular flexibility index (Phi) is 3.85. The molecule has 1 fully saturated rings. The third-order valence-corrected chi connectivity index (χ3v) is 4.48. The average molecular weight is 208 g/mol. The first-order chi connectivity index (χ1) is 7.33. The Hall–Kier alpha value is -0.300. The van der Waals surface area contributed by atoms with Crippen molar-refractivity contribution in [1.29, 1.82) is 0 Å². The SMILES string of the molecule is CCC(CCO)CC[C@H]1CC2C=C[C@@H]1C2. The molecule has 0 saturated heterocycles. The number of aliphatic hydroxyl groups is 1. The zero-order chi connectivity index (χ0) is 10.7. The minimum Gasteiger partial charge on any atom is -0.396 e. The lowest BCUT2D eigenvalue weighted by Crippen LogP contribution is -2.10. The molecule has 4 atom stereocenters. The van der Waals surface area contributed by atoms with Gasteiger partial charge >= 0.3 is 0 Å². The molecule has 0 aromatic heterocycles. The van der Waals surface area contributed by atoms with E-state index in [9.17, 15) is 0 Å². The highest BCUT2D eigenvalue weighted by atomic mass is 16.3. The zero-order valence-corrected chi connectivity index (χ0v) is 9.86. The minimum atomic E-state index is 0.370. The summed E-state index contributed by atoms with van der Waals surface area (Å²) in [7, 11) is 0. The van der Waals surface area contributed by atoms with Crippen molar-refractivity contribution in [1.82, 2.24) is 0 Å². The maximum Gasteiger partial charge on any atom is 0.0433 e. The Morgan fingerprint density at radius 3 is 2.67 bits per heavy atom. The van der Waals surface area contributed by atoms with Gasteiger partial charge in [0.05, 0.1) is 0 Å². The van der Waals surface area contributed by atoms with Crippen molar-refractivity contribution < 1.29 is 5.11 Å². The van der Waals surface area contributed by atoms with Crippen LogP contribution in [-0.2, 0) is 0 Å². The minimum absolute atomic E-state index is 0.370. The molecule has 0 heterocycles. The number of aliphatic hydroxyl groups excluding tert-OH is 1. The normalized spacial score (nSPS) is 34.9. The van der Waals surface area contributed by atoms with Crippen LogP contribution in [0.5, 0.6) is 0 Å². The fraction of sp³-hybridized carbons (Fsp3) is 0.857. The average Bonchev–Trinajstić information content (AvgIpc) is 2.85. The van der Waals surface area contributed by atoms with Crippen LogP contribution in [0.15, 0.2) is 12.2 Å². The van der Waals surface area contributed by atoms with Crippen molar-refractivity contribution in [3.8, 4) is 0 Å². The van der Waals surface area contributed by atoms with Gasteiger partial charge in [0.2, 0.25) is 0 Å². The molecule has 0 radical (unpaired) electrons. The Morgan fingerprint density at radius 1 is 1.27 bits per heavy atom. The molecule has 1 saturated carbocycles. The van der Waals surface area contributed by atoms with Gasteiger partial charge in [-0.1, -0.05) is 31.9 Å². The lowest BCUT2D eigenvalue weighted by atomic mass is 9.85. The van der Waals surface area contributed by atoms with Crippen LogP contribution >= 0.6 is 0 Å². The van der Waals surface area contributed by atoms with E-state index in [2.05, 4.69) is 19.1 Å². The fourth-order valence-electron chi connectivity index (χ4n) is 3.41. The van der Waals surface area contributed by atoms with Gasteiger partial charge in [0.25, 0.3) is 0 Å². The molecule has 15 heavy (non-hydrogen) atoms. The van der Waals surface area contributed by atoms with Gasteiger partial charge in [0, 0.05) is 6.61 Å². The molecule has 0 spiro atoms. The van der Waals surface area contributed by atoms with Crippen LogP contribution in [0.1, 0.15) is 45.4 Å². The van der Waals surface area contributed by atoms with E-state index in [1.165, 1.54) is 32.1 Å². The molecule has 2 unspecified atom stereocenters. The highest BCUT2D eigenvalue weighted by molar-refractivity contribution is 5.09. The molecular weight excluding hydrogens is 184 g/mol. The van der Waals surface area contributed by atoms with E-state index < -0.39 is 0 Å². The predicted octanol–water partition coefficient (Wildman–Crippen LogP) is 3.39. The van der Waals surface area contributed by atoms with Gasteiger partial charge in [0.15, 0.2) is 0 Å². The Bertz CT molecular complexity index is 221. The van der Waals surface area contributed by atoms with Crippen molar-refractivity contribution >= 4 is 0 Å². The topological polar surface area (TPSA) is 20.2 Å². The maximum absolute atomic E-state index is 8.95. The van der Waals surface area contributed by atoms with Crippen molar-refractivity contribution in [3.63, 3.8) is 0 Å². The summed E-state index contributed by atoms with van der Waals surface area (Å²) in [4.78, 5) is 0. The first kappa shape index (κ1) is 11.2. The molecule has 0 amide bonds. The van der Waals surface area contributed by atoms with E-state index in [4.69, 9.17) is 5.11 Å². The van der Waals surface area contributed by atoms with E-state index in [1.54, 1.807) is 0 Å². The second-order valence-corrected chi connectivity index (χ2v) is 5.40. The molecule has 1 heteroatoms. The van der Waals surface area contributed by atoms with E-state index >= 15 is 0 Å². The number of allylic oxidation sites excluding steroid dienone is 2. The Labute approximate surface area is 93.6 Å². The zero-order valence-electron chi connectivity index (χ0n) is 9.86. The van der Waals surface area contributed by atoms with Gasteiger partial charge in [-0.15, -0.1) is 0 Å². The number of rotatable bonds is 6. The first-order valence-electron chi connectivity index (χ1n) is 6.62. The summed E-state index contributed by atoms with van der Waals surface area (Å²) < 4.78 is 0. The lowest BCUT2D eigenvalue weighted by molar-refractivity contribution is 0.239. The summed E-state index contributed by atoms with van der Waals surface area (Å²) in [6.07, 6.45) is 12.7. The van der Waals surface area contributed by atoms with Crippen molar-refractivity contribution in [2.45, 2.75) is 45.4 Å². The molecule has 1 N–H and O–H groups in total. The molecule has 2 aliphatic rings. The van der Waals surface area contributed by atoms with Gasteiger partial charge in [0.1, 0.15) is 0 Å². The molecule has 0 aliphatic heterocycles. The van der Waals surface area contributed by atoms with Crippen LogP contribution < -0.4 is 0 Å². The molecule has 86 valence electrons. The standard InChI is InChI=1S/C14H24O/c1-2-11(7-8-15)3-5-13-9-12-4-6-14(13)10-12/h4,6,11-15H,2-3,5,7-10H2,1H3/t11?,12?,13-,14+/m0/s1. The second kappa shape index (κ2) is 5.16. The maximum atomic E-state index is 8.95. The summed E-state index contributed by atoms with van der Waals surface area (Å²) in [5.41, 5.74) is 0. The predicted molar refractivity (Wildman–Crippen MR) is 63.6 cm³/mol. The molecule has 0 aromatic rings. The Balaban J connectivity index is 1.71. The Morgan fingerprint density at radius 2 is 2.13 bits per heavy atom. The summed E-state index contributed by atoms with van der Waals surface area (Å²) in [5.74, 6) is 3.55. The van der Waals surface area contributed by atoms with Gasteiger partial charge in [-0.3, -0.25) is 0 Å². The molecule has 0 aromatic carbocycles. The van der Waals surface area contributed by atoms with Crippen molar-refractivity contribution in [3.05, 3.63) is 12.2 Å². The first-order valence-corrected chi connectivity index (χ1v) is 6.62. The summed E-state index contributed by atoms with van der Waals surface area (Å²) in [5, 5.41) is 8.95. The molecule has 1 nitrogen and oxygen atoms in total. The van der Waals surface area contributed by atoms with Crippen LogP contribution in [0.25, 0.3) is 0 Å². The molecule has 2 bridgehead atoms. The number of fused-ring (bicyclic) bond motifs is 2. The molecule has 2 rings (SSSR count). The van der Waals surface area contributed by atoms with Gasteiger partial charge in [-0.05, 0) is 49.4 Å². The van der Waals surface area contributed by atoms with Crippen molar-refractivity contribution in [2.75, 3.05) is 6.61 Å². The number of hydrogen-bond acceptors (Lipinski definition) is 1. The monoisotopic (exact) mass is 208 g/mol. The molecular formula is C14H24O. The van der Waals surface area contributed by atoms with Crippen LogP contribution in [0.2, 0.25) is 0 Å². The summed E-state index contributed by atoms with van der Waals surface area (Å²) >= 11 is 0. The van der Waals surface area contributed by atoms with E-state index in [1.807, 2.05) is 0 Å². The van der Waals surface area contributed by atoms with E-state index in [0.717, 1.165) is 30.1 Å². The van der Waals surface area contributed by atoms with Gasteiger partial charge < -0.3 is 5.11 Å². The highest BCUT2D eigenvalue weighted by Crippen LogP contribution is 2.45. The summed E-state index contributed by atoms with van der Waals surface area (Å²) in [6, 6.07) is 0. The number of hydrogen-bond donors (Lipinski definition) is 1. The molecule has 2 aliphatic carbocycles. The fourth-order valence-corrected chi connectivity index (χ4v) is 3.41. The summed E-state index contributed by atoms with van der Waals surface area (Å²) in [6.45, 7) is 2.62. The van der Waals surface area contributed by atoms with Crippen LogP contribution in [0.3, 0.4) is 0 Å². The van der Waals surface area contributed by atoms with E-state index in [0.29, 0.717) is 6.61 Å². The highest BCUT2D eigenvalue weighted by Gasteiger charge is 2.35. The second-order valence-electron chi connectivity index (χ2n) is 5.40. The van der Waals surface area contributed by atoms with Gasteiger partial charge in [-0.2, -0.15) is 0 Å². The smallest absolute Gasteiger partial charge is 0.0433 e. The van der Waals surface area contributed by atoms with Crippen molar-refractivity contribution in [2.24, 2.45) is 23.7 Å². The van der Waals surface area contributed by atoms with Crippen LogP contribution in [0, 0.1) is 23.7 Å².